The Hall–Kier alpha value is -3.42. The average molecular weight is 447 g/mol. The summed E-state index contributed by atoms with van der Waals surface area (Å²) < 4.78 is 5.38. The van der Waals surface area contributed by atoms with Crippen LogP contribution in [0.2, 0.25) is 0 Å². The molecule has 3 aromatic rings. The van der Waals surface area contributed by atoms with Crippen LogP contribution >= 0.6 is 0 Å². The monoisotopic (exact) mass is 446 g/mol. The van der Waals surface area contributed by atoms with Crippen LogP contribution in [0.3, 0.4) is 0 Å². The van der Waals surface area contributed by atoms with Crippen LogP contribution in [0.4, 0.5) is 17.5 Å². The van der Waals surface area contributed by atoms with Crippen molar-refractivity contribution >= 4 is 23.4 Å². The third kappa shape index (κ3) is 4.55. The number of oxazole rings is 1. The Kier molecular flexibility index (Phi) is 5.98. The SMILES string of the molecule is CC(=O)N1CCc2nc(Nc3ccc(-c4cnco4)cc3)nc(N(C)C3CCCCC3)c2C1. The molecule has 33 heavy (non-hydrogen) atoms. The molecule has 1 aromatic carbocycles. The van der Waals surface area contributed by atoms with Crippen molar-refractivity contribution in [2.75, 3.05) is 23.8 Å². The van der Waals surface area contributed by atoms with Crippen molar-refractivity contribution in [1.29, 1.82) is 0 Å². The molecule has 1 N–H and O–H groups in total. The van der Waals surface area contributed by atoms with Crippen LogP contribution in [0.25, 0.3) is 11.3 Å². The molecule has 3 heterocycles. The summed E-state index contributed by atoms with van der Waals surface area (Å²) in [6.07, 6.45) is 10.0. The zero-order valence-corrected chi connectivity index (χ0v) is 19.3. The molecule has 2 aromatic heterocycles. The number of amides is 1. The highest BCUT2D eigenvalue weighted by Crippen LogP contribution is 2.32. The van der Waals surface area contributed by atoms with Gasteiger partial charge in [0.25, 0.3) is 0 Å². The maximum atomic E-state index is 12.1. The van der Waals surface area contributed by atoms with Gasteiger partial charge in [0.2, 0.25) is 11.9 Å². The van der Waals surface area contributed by atoms with Crippen LogP contribution in [0.5, 0.6) is 0 Å². The van der Waals surface area contributed by atoms with Crippen molar-refractivity contribution in [2.24, 2.45) is 0 Å². The number of fused-ring (bicyclic) bond motifs is 1. The van der Waals surface area contributed by atoms with Gasteiger partial charge in [-0.2, -0.15) is 4.98 Å². The van der Waals surface area contributed by atoms with Gasteiger partial charge in [0.05, 0.1) is 18.4 Å². The number of carbonyl (C=O) groups excluding carboxylic acids is 1. The normalized spacial score (nSPS) is 16.4. The lowest BCUT2D eigenvalue weighted by Gasteiger charge is -2.36. The van der Waals surface area contributed by atoms with E-state index in [1.54, 1.807) is 13.1 Å². The number of benzene rings is 1. The molecule has 1 saturated carbocycles. The van der Waals surface area contributed by atoms with Crippen molar-refractivity contribution in [2.45, 2.75) is 58.0 Å². The first kappa shape index (κ1) is 21.4. The van der Waals surface area contributed by atoms with Gasteiger partial charge in [0.1, 0.15) is 5.82 Å². The fourth-order valence-electron chi connectivity index (χ4n) is 4.86. The fraction of sp³-hybridized carbons (Fsp3) is 0.440. The summed E-state index contributed by atoms with van der Waals surface area (Å²) in [5.74, 6) is 2.37. The van der Waals surface area contributed by atoms with Gasteiger partial charge in [-0.1, -0.05) is 19.3 Å². The number of hydrogen-bond acceptors (Lipinski definition) is 7. The molecular formula is C25H30N6O2. The first-order valence-electron chi connectivity index (χ1n) is 11.7. The number of hydrogen-bond donors (Lipinski definition) is 1. The van der Waals surface area contributed by atoms with Crippen molar-refractivity contribution < 1.29 is 9.21 Å². The molecule has 1 fully saturated rings. The molecule has 8 nitrogen and oxygen atoms in total. The topological polar surface area (TPSA) is 87.4 Å². The molecule has 0 atom stereocenters. The highest BCUT2D eigenvalue weighted by molar-refractivity contribution is 5.74. The van der Waals surface area contributed by atoms with E-state index in [0.717, 1.165) is 40.5 Å². The van der Waals surface area contributed by atoms with E-state index in [4.69, 9.17) is 14.4 Å². The van der Waals surface area contributed by atoms with E-state index in [2.05, 4.69) is 22.2 Å². The summed E-state index contributed by atoms with van der Waals surface area (Å²) in [7, 11) is 2.14. The van der Waals surface area contributed by atoms with E-state index in [9.17, 15) is 4.79 Å². The van der Waals surface area contributed by atoms with Gasteiger partial charge in [-0.05, 0) is 37.1 Å². The molecule has 8 heteroatoms. The summed E-state index contributed by atoms with van der Waals surface area (Å²) in [5.41, 5.74) is 3.98. The summed E-state index contributed by atoms with van der Waals surface area (Å²) in [4.78, 5) is 30.1. The molecule has 0 spiro atoms. The van der Waals surface area contributed by atoms with E-state index in [1.807, 2.05) is 29.2 Å². The Morgan fingerprint density at radius 2 is 1.94 bits per heavy atom. The van der Waals surface area contributed by atoms with Gasteiger partial charge in [-0.25, -0.2) is 9.97 Å². The second-order valence-corrected chi connectivity index (χ2v) is 8.96. The highest BCUT2D eigenvalue weighted by atomic mass is 16.3. The van der Waals surface area contributed by atoms with Crippen molar-refractivity contribution in [3.8, 4) is 11.3 Å². The van der Waals surface area contributed by atoms with Gasteiger partial charge in [0, 0.05) is 49.8 Å². The number of carbonyl (C=O) groups is 1. The van der Waals surface area contributed by atoms with Gasteiger partial charge >= 0.3 is 0 Å². The maximum absolute atomic E-state index is 12.1. The first-order valence-corrected chi connectivity index (χ1v) is 11.7. The Bertz CT molecular complexity index is 1110. The maximum Gasteiger partial charge on any atom is 0.229 e. The predicted molar refractivity (Wildman–Crippen MR) is 127 cm³/mol. The number of aromatic nitrogens is 3. The number of nitrogens with zero attached hydrogens (tertiary/aromatic N) is 5. The van der Waals surface area contributed by atoms with E-state index >= 15 is 0 Å². The van der Waals surface area contributed by atoms with E-state index < -0.39 is 0 Å². The van der Waals surface area contributed by atoms with E-state index in [0.29, 0.717) is 25.1 Å². The quantitative estimate of drug-likeness (QED) is 0.615. The molecule has 5 rings (SSSR count). The smallest absolute Gasteiger partial charge is 0.229 e. The summed E-state index contributed by atoms with van der Waals surface area (Å²) in [6, 6.07) is 8.42. The minimum atomic E-state index is 0.0981. The summed E-state index contributed by atoms with van der Waals surface area (Å²) >= 11 is 0. The third-order valence-electron chi connectivity index (χ3n) is 6.80. The Labute approximate surface area is 194 Å². The first-order chi connectivity index (χ1) is 16.1. The number of rotatable bonds is 5. The van der Waals surface area contributed by atoms with Crippen molar-refractivity contribution in [3.63, 3.8) is 0 Å². The molecule has 172 valence electrons. The summed E-state index contributed by atoms with van der Waals surface area (Å²) in [5, 5.41) is 3.38. The van der Waals surface area contributed by atoms with Crippen LogP contribution in [0.1, 0.15) is 50.3 Å². The lowest BCUT2D eigenvalue weighted by molar-refractivity contribution is -0.129. The molecular weight excluding hydrogens is 416 g/mol. The molecule has 0 unspecified atom stereocenters. The van der Waals surface area contributed by atoms with Crippen LogP contribution in [-0.2, 0) is 17.8 Å². The van der Waals surface area contributed by atoms with Gasteiger partial charge in [0.15, 0.2) is 12.2 Å². The van der Waals surface area contributed by atoms with Crippen molar-refractivity contribution in [3.05, 3.63) is 48.1 Å². The lowest BCUT2D eigenvalue weighted by Crippen LogP contribution is -2.39. The summed E-state index contributed by atoms with van der Waals surface area (Å²) in [6.45, 7) is 2.90. The van der Waals surface area contributed by atoms with E-state index in [-0.39, 0.29) is 5.91 Å². The fourth-order valence-corrected chi connectivity index (χ4v) is 4.86. The predicted octanol–water partition coefficient (Wildman–Crippen LogP) is 4.55. The average Bonchev–Trinajstić information content (AvgIpc) is 3.39. The Balaban J connectivity index is 1.45. The minimum absolute atomic E-state index is 0.0981. The minimum Gasteiger partial charge on any atom is -0.444 e. The van der Waals surface area contributed by atoms with Crippen LogP contribution in [0, 0.1) is 0 Å². The molecule has 1 amide bonds. The second-order valence-electron chi connectivity index (χ2n) is 8.96. The highest BCUT2D eigenvalue weighted by Gasteiger charge is 2.28. The molecule has 2 aliphatic rings. The van der Waals surface area contributed by atoms with Crippen molar-refractivity contribution in [1.82, 2.24) is 19.9 Å². The Morgan fingerprint density at radius 3 is 2.64 bits per heavy atom. The van der Waals surface area contributed by atoms with Crippen LogP contribution in [-0.4, -0.2) is 45.4 Å². The molecule has 0 saturated heterocycles. The zero-order chi connectivity index (χ0) is 22.8. The van der Waals surface area contributed by atoms with Gasteiger partial charge in [-0.15, -0.1) is 0 Å². The lowest BCUT2D eigenvalue weighted by atomic mass is 9.94. The van der Waals surface area contributed by atoms with Crippen LogP contribution in [0.15, 0.2) is 41.3 Å². The second kappa shape index (κ2) is 9.21. The van der Waals surface area contributed by atoms with Gasteiger partial charge in [-0.3, -0.25) is 4.79 Å². The third-order valence-corrected chi connectivity index (χ3v) is 6.80. The molecule has 0 radical (unpaired) electrons. The zero-order valence-electron chi connectivity index (χ0n) is 19.3. The molecule has 1 aliphatic carbocycles. The van der Waals surface area contributed by atoms with E-state index in [1.165, 1.54) is 38.5 Å². The Morgan fingerprint density at radius 1 is 1.15 bits per heavy atom. The molecule has 1 aliphatic heterocycles. The van der Waals surface area contributed by atoms with Crippen LogP contribution < -0.4 is 10.2 Å². The number of anilines is 3. The molecule has 0 bridgehead atoms. The standard InChI is InChI=1S/C25H30N6O2/c1-17(32)31-13-12-22-21(15-31)24(30(2)20-6-4-3-5-7-20)29-25(28-22)27-19-10-8-18(9-11-19)23-14-26-16-33-23/h8-11,14,16,20H,3-7,12-13,15H2,1-2H3,(H,27,28,29). The number of nitrogens with one attached hydrogen (secondary N) is 1. The van der Waals surface area contributed by atoms with Gasteiger partial charge < -0.3 is 19.5 Å². The largest absolute Gasteiger partial charge is 0.444 e.